The van der Waals surface area contributed by atoms with Gasteiger partial charge in [0.05, 0.1) is 11.2 Å². The lowest BCUT2D eigenvalue weighted by atomic mass is 10.1. The second kappa shape index (κ2) is 4.41. The fourth-order valence-corrected chi connectivity index (χ4v) is 1.76. The molecular formula is C13H16N2. The first-order valence-electron chi connectivity index (χ1n) is 5.42. The van der Waals surface area contributed by atoms with Gasteiger partial charge in [0.1, 0.15) is 0 Å². The van der Waals surface area contributed by atoms with Gasteiger partial charge in [0.2, 0.25) is 0 Å². The lowest BCUT2D eigenvalue weighted by Gasteiger charge is -2.03. The second-order valence-corrected chi connectivity index (χ2v) is 3.78. The molecule has 1 aromatic heterocycles. The Hall–Kier alpha value is -1.41. The number of aryl methyl sites for hydroxylation is 1. The molecule has 0 atom stereocenters. The summed E-state index contributed by atoms with van der Waals surface area (Å²) in [7, 11) is 0. The summed E-state index contributed by atoms with van der Waals surface area (Å²) in [6.07, 6.45) is 2.28. The van der Waals surface area contributed by atoms with Crippen LogP contribution in [0.15, 0.2) is 30.3 Å². The highest BCUT2D eigenvalue weighted by Gasteiger charge is 1.98. The number of fused-ring (bicyclic) bond motifs is 1. The van der Waals surface area contributed by atoms with E-state index in [2.05, 4.69) is 36.2 Å². The van der Waals surface area contributed by atoms with Crippen LogP contribution in [0.1, 0.15) is 24.6 Å². The van der Waals surface area contributed by atoms with Crippen LogP contribution in [0.4, 0.5) is 0 Å². The number of nitrogens with zero attached hydrogens (tertiary/aromatic N) is 1. The summed E-state index contributed by atoms with van der Waals surface area (Å²) in [6.45, 7) is 2.70. The molecule has 2 N–H and O–H groups in total. The number of rotatable bonds is 3. The highest BCUT2D eigenvalue weighted by Crippen LogP contribution is 2.15. The first-order valence-corrected chi connectivity index (χ1v) is 5.42. The molecule has 1 aromatic carbocycles. The minimum atomic E-state index is 0.508. The molecule has 2 nitrogen and oxygen atoms in total. The topological polar surface area (TPSA) is 38.9 Å². The molecule has 2 rings (SSSR count). The molecule has 78 valence electrons. The van der Waals surface area contributed by atoms with E-state index in [0.29, 0.717) is 6.54 Å². The molecule has 2 aromatic rings. The number of aromatic nitrogens is 1. The van der Waals surface area contributed by atoms with Crippen LogP contribution in [0.3, 0.4) is 0 Å². The van der Waals surface area contributed by atoms with Crippen molar-refractivity contribution in [2.75, 3.05) is 0 Å². The summed E-state index contributed by atoms with van der Waals surface area (Å²) >= 11 is 0. The van der Waals surface area contributed by atoms with E-state index in [4.69, 9.17) is 5.73 Å². The van der Waals surface area contributed by atoms with Crippen molar-refractivity contribution in [3.05, 3.63) is 41.6 Å². The van der Waals surface area contributed by atoms with E-state index < -0.39 is 0 Å². The summed E-state index contributed by atoms with van der Waals surface area (Å²) in [5.41, 5.74) is 8.94. The Morgan fingerprint density at radius 3 is 2.73 bits per heavy atom. The average Bonchev–Trinajstić information content (AvgIpc) is 2.28. The number of pyridine rings is 1. The van der Waals surface area contributed by atoms with Crippen LogP contribution in [0.25, 0.3) is 10.9 Å². The number of nitrogens with two attached hydrogens (primary N) is 1. The van der Waals surface area contributed by atoms with Crippen LogP contribution >= 0.6 is 0 Å². The van der Waals surface area contributed by atoms with Gasteiger partial charge in [-0.25, -0.2) is 0 Å². The van der Waals surface area contributed by atoms with Gasteiger partial charge in [0.15, 0.2) is 0 Å². The van der Waals surface area contributed by atoms with Crippen LogP contribution in [-0.2, 0) is 13.0 Å². The maximum absolute atomic E-state index is 5.58. The molecule has 0 amide bonds. The van der Waals surface area contributed by atoms with Crippen molar-refractivity contribution in [1.29, 1.82) is 0 Å². The van der Waals surface area contributed by atoms with Crippen LogP contribution < -0.4 is 5.73 Å². The van der Waals surface area contributed by atoms with Crippen molar-refractivity contribution in [1.82, 2.24) is 4.98 Å². The number of hydrogen-bond acceptors (Lipinski definition) is 2. The number of hydrogen-bond donors (Lipinski definition) is 1. The van der Waals surface area contributed by atoms with E-state index in [9.17, 15) is 0 Å². The van der Waals surface area contributed by atoms with Crippen molar-refractivity contribution in [2.24, 2.45) is 5.73 Å². The monoisotopic (exact) mass is 200 g/mol. The molecule has 0 aliphatic carbocycles. The molecule has 15 heavy (non-hydrogen) atoms. The second-order valence-electron chi connectivity index (χ2n) is 3.78. The Balaban J connectivity index is 2.48. The molecule has 0 fully saturated rings. The van der Waals surface area contributed by atoms with Gasteiger partial charge in [0.25, 0.3) is 0 Å². The summed E-state index contributed by atoms with van der Waals surface area (Å²) in [4.78, 5) is 4.51. The van der Waals surface area contributed by atoms with Crippen molar-refractivity contribution < 1.29 is 0 Å². The van der Waals surface area contributed by atoms with Gasteiger partial charge in [-0.2, -0.15) is 0 Å². The summed E-state index contributed by atoms with van der Waals surface area (Å²) in [5, 5.41) is 1.19. The Morgan fingerprint density at radius 1 is 1.20 bits per heavy atom. The predicted molar refractivity (Wildman–Crippen MR) is 63.6 cm³/mol. The molecule has 0 bridgehead atoms. The zero-order valence-electron chi connectivity index (χ0n) is 9.03. The molecule has 0 radical (unpaired) electrons. The predicted octanol–water partition coefficient (Wildman–Crippen LogP) is 2.65. The third-order valence-electron chi connectivity index (χ3n) is 2.56. The van der Waals surface area contributed by atoms with Crippen LogP contribution in [0.2, 0.25) is 0 Å². The summed E-state index contributed by atoms with van der Waals surface area (Å²) in [5.74, 6) is 0. The average molecular weight is 200 g/mol. The van der Waals surface area contributed by atoms with Crippen LogP contribution in [0, 0.1) is 0 Å². The van der Waals surface area contributed by atoms with E-state index in [1.165, 1.54) is 17.4 Å². The Morgan fingerprint density at radius 2 is 2.00 bits per heavy atom. The SMILES string of the molecule is CCCc1ccc2ccc(CN)nc2c1. The highest BCUT2D eigenvalue weighted by atomic mass is 14.7. The van der Waals surface area contributed by atoms with Gasteiger partial charge in [-0.3, -0.25) is 4.98 Å². The van der Waals surface area contributed by atoms with Crippen molar-refractivity contribution >= 4 is 10.9 Å². The fraction of sp³-hybridized carbons (Fsp3) is 0.308. The van der Waals surface area contributed by atoms with Crippen LogP contribution in [-0.4, -0.2) is 4.98 Å². The molecule has 0 saturated heterocycles. The quantitative estimate of drug-likeness (QED) is 0.827. The minimum Gasteiger partial charge on any atom is -0.325 e. The van der Waals surface area contributed by atoms with E-state index >= 15 is 0 Å². The van der Waals surface area contributed by atoms with Gasteiger partial charge in [-0.05, 0) is 24.1 Å². The molecule has 0 aliphatic rings. The minimum absolute atomic E-state index is 0.508. The van der Waals surface area contributed by atoms with Gasteiger partial charge in [0, 0.05) is 11.9 Å². The molecular weight excluding hydrogens is 184 g/mol. The number of benzene rings is 1. The molecule has 1 heterocycles. The lowest BCUT2D eigenvalue weighted by Crippen LogP contribution is -1.99. The lowest BCUT2D eigenvalue weighted by molar-refractivity contribution is 0.922. The third kappa shape index (κ3) is 2.16. The van der Waals surface area contributed by atoms with Gasteiger partial charge >= 0.3 is 0 Å². The standard InChI is InChI=1S/C13H16N2/c1-2-3-10-4-5-11-6-7-12(9-14)15-13(11)8-10/h4-8H,2-3,9,14H2,1H3. The van der Waals surface area contributed by atoms with Crippen LogP contribution in [0.5, 0.6) is 0 Å². The van der Waals surface area contributed by atoms with Crippen molar-refractivity contribution in [2.45, 2.75) is 26.3 Å². The highest BCUT2D eigenvalue weighted by molar-refractivity contribution is 5.79. The first kappa shape index (κ1) is 10.1. The normalized spacial score (nSPS) is 10.8. The maximum Gasteiger partial charge on any atom is 0.0708 e. The maximum atomic E-state index is 5.58. The van der Waals surface area contributed by atoms with Gasteiger partial charge in [-0.1, -0.05) is 31.5 Å². The van der Waals surface area contributed by atoms with E-state index in [0.717, 1.165) is 17.6 Å². The fourth-order valence-electron chi connectivity index (χ4n) is 1.76. The van der Waals surface area contributed by atoms with E-state index in [1.807, 2.05) is 6.07 Å². The van der Waals surface area contributed by atoms with E-state index in [1.54, 1.807) is 0 Å². The Kier molecular flexibility index (Phi) is 2.97. The van der Waals surface area contributed by atoms with E-state index in [-0.39, 0.29) is 0 Å². The molecule has 0 saturated carbocycles. The largest absolute Gasteiger partial charge is 0.325 e. The van der Waals surface area contributed by atoms with Gasteiger partial charge < -0.3 is 5.73 Å². The summed E-state index contributed by atoms with van der Waals surface area (Å²) in [6, 6.07) is 10.5. The van der Waals surface area contributed by atoms with Crippen molar-refractivity contribution in [3.8, 4) is 0 Å². The molecule has 2 heteroatoms. The third-order valence-corrected chi connectivity index (χ3v) is 2.56. The Bertz CT molecular complexity index is 463. The molecule has 0 unspecified atom stereocenters. The zero-order chi connectivity index (χ0) is 10.7. The van der Waals surface area contributed by atoms with Gasteiger partial charge in [-0.15, -0.1) is 0 Å². The summed E-state index contributed by atoms with van der Waals surface area (Å²) < 4.78 is 0. The van der Waals surface area contributed by atoms with Crippen molar-refractivity contribution in [3.63, 3.8) is 0 Å². The molecule has 0 spiro atoms. The Labute approximate surface area is 90.1 Å². The smallest absolute Gasteiger partial charge is 0.0708 e. The molecule has 0 aliphatic heterocycles. The zero-order valence-corrected chi connectivity index (χ0v) is 9.03. The first-order chi connectivity index (χ1) is 7.33.